The summed E-state index contributed by atoms with van der Waals surface area (Å²) in [7, 11) is 0. The summed E-state index contributed by atoms with van der Waals surface area (Å²) in [5, 5.41) is 6.96. The molecule has 0 bridgehead atoms. The average molecular weight is 509 g/mol. The molecule has 0 atom stereocenters. The molecule has 2 N–H and O–H groups in total. The van der Waals surface area contributed by atoms with Gasteiger partial charge in [0, 0.05) is 44.9 Å². The third-order valence-electron chi connectivity index (χ3n) is 6.12. The van der Waals surface area contributed by atoms with Crippen LogP contribution in [0, 0.1) is 0 Å². The number of ether oxygens (including phenoxy) is 2. The molecule has 3 fully saturated rings. The van der Waals surface area contributed by atoms with Crippen LogP contribution in [0.4, 0.5) is 0 Å². The van der Waals surface area contributed by atoms with E-state index >= 15 is 0 Å². The summed E-state index contributed by atoms with van der Waals surface area (Å²) < 4.78 is 11.1. The van der Waals surface area contributed by atoms with E-state index in [1.54, 1.807) is 0 Å². The van der Waals surface area contributed by atoms with Gasteiger partial charge in [-0.1, -0.05) is 0 Å². The van der Waals surface area contributed by atoms with Crippen molar-refractivity contribution in [2.24, 2.45) is 4.99 Å². The van der Waals surface area contributed by atoms with Crippen molar-refractivity contribution >= 4 is 29.9 Å². The van der Waals surface area contributed by atoms with Crippen LogP contribution in [0.3, 0.4) is 0 Å². The molecule has 3 heterocycles. The summed E-state index contributed by atoms with van der Waals surface area (Å²) >= 11 is 0. The fourth-order valence-electron chi connectivity index (χ4n) is 4.42. The van der Waals surface area contributed by atoms with Crippen LogP contribution in [0.15, 0.2) is 4.99 Å². The van der Waals surface area contributed by atoms with Gasteiger partial charge < -0.3 is 20.1 Å². The Hall–Kier alpha value is -0.160. The Morgan fingerprint density at radius 3 is 2.32 bits per heavy atom. The molecular formula is C20H40IN5O2. The molecule has 3 rings (SSSR count). The average Bonchev–Trinajstić information content (AvgIpc) is 3.26. The predicted octanol–water partition coefficient (Wildman–Crippen LogP) is 1.53. The summed E-state index contributed by atoms with van der Waals surface area (Å²) in [4.78, 5) is 10.2. The van der Waals surface area contributed by atoms with Crippen LogP contribution >= 0.6 is 24.0 Å². The van der Waals surface area contributed by atoms with Gasteiger partial charge in [0.05, 0.1) is 19.8 Å². The lowest BCUT2D eigenvalue weighted by atomic mass is 9.88. The molecule has 0 aromatic heterocycles. The number of hydrogen-bond acceptors (Lipinski definition) is 5. The van der Waals surface area contributed by atoms with Gasteiger partial charge in [0.2, 0.25) is 0 Å². The molecule has 0 radical (unpaired) electrons. The number of guanidine groups is 1. The standard InChI is InChI=1S/C20H39N5O2.HI/c1-2-21-19(22-8-5-9-24-12-16-27-17-13-24)23-18-20(6-14-26-15-7-20)25-10-3-4-11-25;/h2-18H2,1H3,(H2,21,22,23);1H. The molecule has 0 spiro atoms. The number of likely N-dealkylation sites (tertiary alicyclic amines) is 1. The molecule has 28 heavy (non-hydrogen) atoms. The van der Waals surface area contributed by atoms with Crippen molar-refractivity contribution in [1.29, 1.82) is 0 Å². The first-order valence-corrected chi connectivity index (χ1v) is 11.0. The minimum absolute atomic E-state index is 0. The topological polar surface area (TPSA) is 61.4 Å². The van der Waals surface area contributed by atoms with Crippen LogP contribution in [-0.2, 0) is 9.47 Å². The minimum Gasteiger partial charge on any atom is -0.381 e. The number of hydrogen-bond donors (Lipinski definition) is 2. The van der Waals surface area contributed by atoms with Crippen LogP contribution in [0.5, 0.6) is 0 Å². The van der Waals surface area contributed by atoms with E-state index in [1.807, 2.05) is 0 Å². The Bertz CT molecular complexity index is 448. The summed E-state index contributed by atoms with van der Waals surface area (Å²) in [5.74, 6) is 0.963. The van der Waals surface area contributed by atoms with Gasteiger partial charge in [-0.3, -0.25) is 14.8 Å². The predicted molar refractivity (Wildman–Crippen MR) is 125 cm³/mol. The van der Waals surface area contributed by atoms with Gasteiger partial charge in [-0.05, 0) is 58.7 Å². The van der Waals surface area contributed by atoms with E-state index in [2.05, 4.69) is 27.4 Å². The SMILES string of the molecule is CCNC(=NCC1(N2CCCC2)CCOCC1)NCCCN1CCOCC1.I. The first-order chi connectivity index (χ1) is 13.3. The van der Waals surface area contributed by atoms with Gasteiger partial charge in [-0.25, -0.2) is 0 Å². The molecular weight excluding hydrogens is 469 g/mol. The maximum absolute atomic E-state index is 5.66. The third-order valence-corrected chi connectivity index (χ3v) is 6.12. The largest absolute Gasteiger partial charge is 0.381 e. The number of aliphatic imine (C=N–C) groups is 1. The summed E-state index contributed by atoms with van der Waals surface area (Å²) in [6.07, 6.45) is 5.99. The molecule has 164 valence electrons. The molecule has 8 heteroatoms. The van der Waals surface area contributed by atoms with Crippen molar-refractivity contribution in [2.75, 3.05) is 78.8 Å². The molecule has 0 aliphatic carbocycles. The molecule has 3 aliphatic heterocycles. The Morgan fingerprint density at radius 2 is 1.64 bits per heavy atom. The van der Waals surface area contributed by atoms with E-state index in [1.165, 1.54) is 25.9 Å². The van der Waals surface area contributed by atoms with Gasteiger partial charge in [0.1, 0.15) is 0 Å². The second-order valence-electron chi connectivity index (χ2n) is 7.96. The quantitative estimate of drug-likeness (QED) is 0.224. The smallest absolute Gasteiger partial charge is 0.191 e. The fraction of sp³-hybridized carbons (Fsp3) is 0.950. The van der Waals surface area contributed by atoms with Crippen molar-refractivity contribution in [3.05, 3.63) is 0 Å². The van der Waals surface area contributed by atoms with Crippen molar-refractivity contribution in [2.45, 2.75) is 44.6 Å². The van der Waals surface area contributed by atoms with Gasteiger partial charge in [-0.15, -0.1) is 24.0 Å². The first kappa shape index (κ1) is 24.1. The minimum atomic E-state index is 0. The van der Waals surface area contributed by atoms with Gasteiger partial charge in [0.15, 0.2) is 5.96 Å². The molecule has 0 amide bonds. The summed E-state index contributed by atoms with van der Waals surface area (Å²) in [6, 6.07) is 0. The highest BCUT2D eigenvalue weighted by Gasteiger charge is 2.39. The monoisotopic (exact) mass is 509 g/mol. The van der Waals surface area contributed by atoms with Crippen molar-refractivity contribution < 1.29 is 9.47 Å². The summed E-state index contributed by atoms with van der Waals surface area (Å²) in [6.45, 7) is 14.1. The molecule has 0 aromatic carbocycles. The molecule has 7 nitrogen and oxygen atoms in total. The highest BCUT2D eigenvalue weighted by Crippen LogP contribution is 2.31. The van der Waals surface area contributed by atoms with Crippen molar-refractivity contribution in [3.63, 3.8) is 0 Å². The second-order valence-corrected chi connectivity index (χ2v) is 7.96. The van der Waals surface area contributed by atoms with Crippen molar-refractivity contribution in [3.8, 4) is 0 Å². The van der Waals surface area contributed by atoms with Gasteiger partial charge in [-0.2, -0.15) is 0 Å². The van der Waals surface area contributed by atoms with Crippen LogP contribution in [0.1, 0.15) is 39.0 Å². The zero-order valence-corrected chi connectivity index (χ0v) is 19.9. The number of halogens is 1. The molecule has 3 aliphatic rings. The fourth-order valence-corrected chi connectivity index (χ4v) is 4.42. The normalized spacial score (nSPS) is 24.0. The second kappa shape index (κ2) is 13.2. The first-order valence-electron chi connectivity index (χ1n) is 11.0. The van der Waals surface area contributed by atoms with Gasteiger partial charge >= 0.3 is 0 Å². The van der Waals surface area contributed by atoms with E-state index in [9.17, 15) is 0 Å². The zero-order valence-electron chi connectivity index (χ0n) is 17.6. The number of rotatable bonds is 8. The van der Waals surface area contributed by atoms with E-state index in [4.69, 9.17) is 14.5 Å². The molecule has 0 saturated carbocycles. The van der Waals surface area contributed by atoms with Crippen LogP contribution in [-0.4, -0.2) is 100 Å². The van der Waals surface area contributed by atoms with Crippen LogP contribution in [0.25, 0.3) is 0 Å². The molecule has 0 aromatic rings. The Kier molecular flexibility index (Phi) is 11.4. The van der Waals surface area contributed by atoms with Crippen LogP contribution in [0.2, 0.25) is 0 Å². The molecule has 3 saturated heterocycles. The maximum atomic E-state index is 5.66. The molecule has 0 unspecified atom stereocenters. The number of nitrogens with one attached hydrogen (secondary N) is 2. The number of nitrogens with zero attached hydrogens (tertiary/aromatic N) is 3. The highest BCUT2D eigenvalue weighted by atomic mass is 127. The van der Waals surface area contributed by atoms with E-state index in [0.29, 0.717) is 0 Å². The number of morpholine rings is 1. The lowest BCUT2D eigenvalue weighted by molar-refractivity contribution is -0.0139. The van der Waals surface area contributed by atoms with E-state index < -0.39 is 0 Å². The lowest BCUT2D eigenvalue weighted by Gasteiger charge is -2.43. The maximum Gasteiger partial charge on any atom is 0.191 e. The van der Waals surface area contributed by atoms with E-state index in [-0.39, 0.29) is 29.5 Å². The lowest BCUT2D eigenvalue weighted by Crippen LogP contribution is -2.54. The Morgan fingerprint density at radius 1 is 0.964 bits per heavy atom. The Balaban J connectivity index is 0.00000280. The van der Waals surface area contributed by atoms with Crippen molar-refractivity contribution in [1.82, 2.24) is 20.4 Å². The highest BCUT2D eigenvalue weighted by molar-refractivity contribution is 14.0. The summed E-state index contributed by atoms with van der Waals surface area (Å²) in [5.41, 5.74) is 0.199. The third kappa shape index (κ3) is 7.27. The van der Waals surface area contributed by atoms with Crippen LogP contribution < -0.4 is 10.6 Å². The van der Waals surface area contributed by atoms with Gasteiger partial charge in [0.25, 0.3) is 0 Å². The van der Waals surface area contributed by atoms with E-state index in [0.717, 1.165) is 90.9 Å². The zero-order chi connectivity index (χ0) is 18.8. The Labute approximate surface area is 188 Å².